The van der Waals surface area contributed by atoms with Gasteiger partial charge in [0.25, 0.3) is 12.0 Å². The minimum absolute atomic E-state index is 0.127. The van der Waals surface area contributed by atoms with Crippen molar-refractivity contribution in [1.82, 2.24) is 4.90 Å². The van der Waals surface area contributed by atoms with Crippen molar-refractivity contribution < 1.29 is 13.6 Å². The summed E-state index contributed by atoms with van der Waals surface area (Å²) in [6.07, 6.45) is -1.10. The Hall–Kier alpha value is -1.42. The van der Waals surface area contributed by atoms with Crippen LogP contribution in [0.15, 0.2) is 29.9 Å². The number of carbonyl (C=O) groups is 1. The van der Waals surface area contributed by atoms with Crippen molar-refractivity contribution in [1.29, 1.82) is 0 Å². The van der Waals surface area contributed by atoms with Gasteiger partial charge in [-0.3, -0.25) is 4.79 Å². The summed E-state index contributed by atoms with van der Waals surface area (Å²) >= 11 is 5.91. The van der Waals surface area contributed by atoms with Crippen molar-refractivity contribution in [2.24, 2.45) is 0 Å². The monoisotopic (exact) mass is 315 g/mol. The molecular weight excluding hydrogens is 296 g/mol. The second-order valence-electron chi connectivity index (χ2n) is 4.62. The molecule has 0 aromatic heterocycles. The van der Waals surface area contributed by atoms with E-state index in [9.17, 15) is 13.6 Å². The van der Waals surface area contributed by atoms with Crippen molar-refractivity contribution in [3.8, 4) is 0 Å². The van der Waals surface area contributed by atoms with Crippen LogP contribution in [-0.4, -0.2) is 23.9 Å². The molecule has 0 atom stereocenters. The number of carbonyl (C=O) groups excluding carboxylic acids is 1. The summed E-state index contributed by atoms with van der Waals surface area (Å²) in [5.74, 6) is -0.127. The molecule has 1 fully saturated rings. The molecule has 0 aliphatic carbocycles. The average molecular weight is 316 g/mol. The number of amides is 1. The second-order valence-corrected chi connectivity index (χ2v) is 5.03. The van der Waals surface area contributed by atoms with Crippen LogP contribution in [-0.2, 0) is 0 Å². The zero-order valence-electron chi connectivity index (χ0n) is 12.5. The maximum Gasteiger partial charge on any atom is 0.269 e. The predicted molar refractivity (Wildman–Crippen MR) is 81.9 cm³/mol. The molecule has 1 aromatic carbocycles. The first-order valence-electron chi connectivity index (χ1n) is 7.07. The van der Waals surface area contributed by atoms with Crippen LogP contribution in [0.1, 0.15) is 42.6 Å². The van der Waals surface area contributed by atoms with Crippen LogP contribution in [0.3, 0.4) is 0 Å². The van der Waals surface area contributed by atoms with Gasteiger partial charge in [-0.2, -0.15) is 8.78 Å². The third kappa shape index (κ3) is 4.53. The number of likely N-dealkylation sites (tertiary alicyclic amines) is 1. The van der Waals surface area contributed by atoms with Crippen molar-refractivity contribution in [2.75, 3.05) is 13.1 Å². The van der Waals surface area contributed by atoms with E-state index in [4.69, 9.17) is 11.6 Å². The van der Waals surface area contributed by atoms with Crippen LogP contribution in [0.25, 0.3) is 0 Å². The summed E-state index contributed by atoms with van der Waals surface area (Å²) in [6, 6.07) is 5.07. The Labute approximate surface area is 129 Å². The second kappa shape index (κ2) is 8.13. The Kier molecular flexibility index (Phi) is 6.82. The average Bonchev–Trinajstić information content (AvgIpc) is 2.51. The zero-order chi connectivity index (χ0) is 16.0. The lowest BCUT2D eigenvalue weighted by atomic mass is 10.0. The molecule has 1 aromatic rings. The SMILES string of the molecule is CC.Cc1cc(C(=O)N2CCC(=C(F)F)CC2)ccc1Cl. The van der Waals surface area contributed by atoms with E-state index in [0.717, 1.165) is 5.56 Å². The topological polar surface area (TPSA) is 20.3 Å². The van der Waals surface area contributed by atoms with Crippen molar-refractivity contribution in [2.45, 2.75) is 33.6 Å². The molecule has 21 heavy (non-hydrogen) atoms. The molecule has 1 aliphatic heterocycles. The highest BCUT2D eigenvalue weighted by molar-refractivity contribution is 6.31. The Morgan fingerprint density at radius 1 is 1.19 bits per heavy atom. The molecule has 0 unspecified atom stereocenters. The predicted octanol–water partition coefficient (Wildman–Crippen LogP) is 5.06. The minimum atomic E-state index is -1.60. The van der Waals surface area contributed by atoms with Crippen molar-refractivity contribution in [3.63, 3.8) is 0 Å². The third-order valence-corrected chi connectivity index (χ3v) is 3.75. The Morgan fingerprint density at radius 2 is 1.76 bits per heavy atom. The smallest absolute Gasteiger partial charge is 0.269 e. The molecule has 1 heterocycles. The van der Waals surface area contributed by atoms with Gasteiger partial charge in [0, 0.05) is 23.7 Å². The number of hydrogen-bond donors (Lipinski definition) is 0. The lowest BCUT2D eigenvalue weighted by molar-refractivity contribution is 0.0740. The number of nitrogens with zero attached hydrogens (tertiary/aromatic N) is 1. The van der Waals surface area contributed by atoms with Gasteiger partial charge >= 0.3 is 0 Å². The van der Waals surface area contributed by atoms with Crippen molar-refractivity contribution >= 4 is 17.5 Å². The molecule has 1 saturated heterocycles. The number of benzene rings is 1. The van der Waals surface area contributed by atoms with Crippen LogP contribution in [0.4, 0.5) is 8.78 Å². The zero-order valence-corrected chi connectivity index (χ0v) is 13.3. The van der Waals surface area contributed by atoms with Gasteiger partial charge in [-0.05, 0) is 49.1 Å². The van der Waals surface area contributed by atoms with E-state index in [1.807, 2.05) is 20.8 Å². The van der Waals surface area contributed by atoms with Gasteiger partial charge in [0.05, 0.1) is 0 Å². The molecule has 0 saturated carbocycles. The van der Waals surface area contributed by atoms with Gasteiger partial charge in [-0.25, -0.2) is 0 Å². The van der Waals surface area contributed by atoms with Gasteiger partial charge in [-0.15, -0.1) is 0 Å². The minimum Gasteiger partial charge on any atom is -0.338 e. The van der Waals surface area contributed by atoms with E-state index in [1.54, 1.807) is 23.1 Å². The lowest BCUT2D eigenvalue weighted by Gasteiger charge is -2.28. The van der Waals surface area contributed by atoms with Crippen molar-refractivity contribution in [3.05, 3.63) is 46.0 Å². The van der Waals surface area contributed by atoms with Crippen LogP contribution >= 0.6 is 11.6 Å². The Morgan fingerprint density at radius 3 is 2.24 bits per heavy atom. The number of piperidine rings is 1. The largest absolute Gasteiger partial charge is 0.338 e. The summed E-state index contributed by atoms with van der Waals surface area (Å²) in [6.45, 7) is 6.51. The fraction of sp³-hybridized carbons (Fsp3) is 0.438. The maximum atomic E-state index is 12.4. The molecule has 2 rings (SSSR count). The highest BCUT2D eigenvalue weighted by Crippen LogP contribution is 2.23. The van der Waals surface area contributed by atoms with E-state index >= 15 is 0 Å². The van der Waals surface area contributed by atoms with Crippen LogP contribution in [0.5, 0.6) is 0 Å². The van der Waals surface area contributed by atoms with Gasteiger partial charge in [0.2, 0.25) is 0 Å². The molecule has 0 spiro atoms. The molecule has 1 amide bonds. The first kappa shape index (κ1) is 17.6. The molecule has 116 valence electrons. The molecule has 5 heteroatoms. The van der Waals surface area contributed by atoms with Crippen LogP contribution in [0.2, 0.25) is 5.02 Å². The van der Waals surface area contributed by atoms with E-state index in [1.165, 1.54) is 0 Å². The summed E-state index contributed by atoms with van der Waals surface area (Å²) in [5, 5.41) is 0.611. The first-order valence-corrected chi connectivity index (χ1v) is 7.45. The lowest BCUT2D eigenvalue weighted by Crippen LogP contribution is -2.36. The summed E-state index contributed by atoms with van der Waals surface area (Å²) in [4.78, 5) is 13.8. The van der Waals surface area contributed by atoms with E-state index in [-0.39, 0.29) is 24.3 Å². The molecule has 0 bridgehead atoms. The van der Waals surface area contributed by atoms with Gasteiger partial charge in [0.15, 0.2) is 0 Å². The van der Waals surface area contributed by atoms with E-state index in [2.05, 4.69) is 0 Å². The summed E-state index contributed by atoms with van der Waals surface area (Å²) in [7, 11) is 0. The fourth-order valence-corrected chi connectivity index (χ4v) is 2.25. The third-order valence-electron chi connectivity index (χ3n) is 3.33. The van der Waals surface area contributed by atoms with Gasteiger partial charge in [0.1, 0.15) is 0 Å². The van der Waals surface area contributed by atoms with E-state index in [0.29, 0.717) is 23.7 Å². The molecular formula is C16H20ClF2NO. The number of aryl methyl sites for hydroxylation is 1. The van der Waals surface area contributed by atoms with Crippen LogP contribution in [0, 0.1) is 6.92 Å². The normalized spacial score (nSPS) is 14.4. The Balaban J connectivity index is 0.00000106. The summed E-state index contributed by atoms with van der Waals surface area (Å²) < 4.78 is 24.9. The number of hydrogen-bond acceptors (Lipinski definition) is 1. The summed E-state index contributed by atoms with van der Waals surface area (Å²) in [5.41, 5.74) is 1.55. The number of halogens is 3. The molecule has 1 aliphatic rings. The molecule has 0 N–H and O–H groups in total. The number of rotatable bonds is 1. The first-order chi connectivity index (χ1) is 9.99. The van der Waals surface area contributed by atoms with Gasteiger partial charge < -0.3 is 4.90 Å². The fourth-order valence-electron chi connectivity index (χ4n) is 2.13. The standard InChI is InChI=1S/C14H14ClF2NO.C2H6/c1-9-8-11(2-3-12(9)15)14(19)18-6-4-10(5-7-18)13(16)17;1-2/h2-3,8H,4-7H2,1H3;1-2H3. The van der Waals surface area contributed by atoms with Gasteiger partial charge in [-0.1, -0.05) is 25.4 Å². The highest BCUT2D eigenvalue weighted by Gasteiger charge is 2.22. The highest BCUT2D eigenvalue weighted by atomic mass is 35.5. The van der Waals surface area contributed by atoms with Crippen LogP contribution < -0.4 is 0 Å². The quantitative estimate of drug-likeness (QED) is 0.709. The van der Waals surface area contributed by atoms with E-state index < -0.39 is 6.08 Å². The Bertz CT molecular complexity index is 529. The maximum absolute atomic E-state index is 12.4. The molecule has 0 radical (unpaired) electrons. The molecule has 2 nitrogen and oxygen atoms in total.